The average Bonchev–Trinajstić information content (AvgIpc) is 3.23. The molecule has 0 saturated carbocycles. The maximum atomic E-state index is 13.1. The quantitative estimate of drug-likeness (QED) is 0.675. The maximum Gasteiger partial charge on any atom is 0.328 e. The second-order valence-electron chi connectivity index (χ2n) is 6.82. The SMILES string of the molecule is COC(=O)[C@@H]1CCCN1C(=O)[C@H](O)[C@H](Nc1ccc(Cl)c(Cl)c1)c1ccccc1. The third-order valence-corrected chi connectivity index (χ3v) is 5.72. The molecule has 6 nitrogen and oxygen atoms in total. The first kappa shape index (κ1) is 21.4. The van der Waals surface area contributed by atoms with Gasteiger partial charge in [0.1, 0.15) is 6.04 Å². The molecule has 1 saturated heterocycles. The Hall–Kier alpha value is -2.28. The van der Waals surface area contributed by atoms with Gasteiger partial charge in [-0.15, -0.1) is 0 Å². The van der Waals surface area contributed by atoms with E-state index in [2.05, 4.69) is 5.32 Å². The van der Waals surface area contributed by atoms with Crippen molar-refractivity contribution in [3.8, 4) is 0 Å². The number of ether oxygens (including phenoxy) is 1. The lowest BCUT2D eigenvalue weighted by Crippen LogP contribution is -2.48. The monoisotopic (exact) mass is 436 g/mol. The van der Waals surface area contributed by atoms with Crippen LogP contribution < -0.4 is 5.32 Å². The summed E-state index contributed by atoms with van der Waals surface area (Å²) in [7, 11) is 1.29. The first-order chi connectivity index (χ1) is 13.9. The van der Waals surface area contributed by atoms with E-state index in [1.54, 1.807) is 18.2 Å². The minimum Gasteiger partial charge on any atom is -0.467 e. The van der Waals surface area contributed by atoms with Crippen molar-refractivity contribution in [2.45, 2.75) is 31.0 Å². The number of esters is 1. The van der Waals surface area contributed by atoms with E-state index >= 15 is 0 Å². The lowest BCUT2D eigenvalue weighted by molar-refractivity contribution is -0.154. The van der Waals surface area contributed by atoms with Crippen LogP contribution in [0.3, 0.4) is 0 Å². The normalized spacial score (nSPS) is 18.2. The van der Waals surface area contributed by atoms with Gasteiger partial charge in [0, 0.05) is 12.2 Å². The van der Waals surface area contributed by atoms with Crippen LogP contribution in [0.1, 0.15) is 24.4 Å². The van der Waals surface area contributed by atoms with E-state index in [0.717, 1.165) is 0 Å². The topological polar surface area (TPSA) is 78.9 Å². The summed E-state index contributed by atoms with van der Waals surface area (Å²) in [5.41, 5.74) is 1.32. The zero-order chi connectivity index (χ0) is 21.0. The molecule has 2 aromatic carbocycles. The Morgan fingerprint density at radius 1 is 1.17 bits per heavy atom. The number of hydrogen-bond donors (Lipinski definition) is 2. The average molecular weight is 437 g/mol. The molecule has 0 radical (unpaired) electrons. The molecule has 1 fully saturated rings. The summed E-state index contributed by atoms with van der Waals surface area (Å²) in [4.78, 5) is 26.5. The van der Waals surface area contributed by atoms with E-state index in [9.17, 15) is 14.7 Å². The van der Waals surface area contributed by atoms with Crippen molar-refractivity contribution in [1.29, 1.82) is 0 Å². The molecule has 0 bridgehead atoms. The summed E-state index contributed by atoms with van der Waals surface area (Å²) >= 11 is 12.1. The van der Waals surface area contributed by atoms with E-state index < -0.39 is 30.1 Å². The van der Waals surface area contributed by atoms with Crippen LogP contribution in [0, 0.1) is 0 Å². The molecule has 0 spiro atoms. The second kappa shape index (κ2) is 9.48. The van der Waals surface area contributed by atoms with Gasteiger partial charge < -0.3 is 20.1 Å². The summed E-state index contributed by atoms with van der Waals surface area (Å²) in [6, 6.07) is 12.7. The third-order valence-electron chi connectivity index (χ3n) is 4.98. The van der Waals surface area contributed by atoms with Crippen LogP contribution in [0.2, 0.25) is 10.0 Å². The first-order valence-corrected chi connectivity index (χ1v) is 10.0. The Bertz CT molecular complexity index is 878. The second-order valence-corrected chi connectivity index (χ2v) is 7.63. The number of nitrogens with one attached hydrogen (secondary N) is 1. The zero-order valence-corrected chi connectivity index (χ0v) is 17.4. The number of benzene rings is 2. The van der Waals surface area contributed by atoms with E-state index in [1.165, 1.54) is 12.0 Å². The molecule has 3 rings (SSSR count). The van der Waals surface area contributed by atoms with Gasteiger partial charge in [-0.3, -0.25) is 4.79 Å². The minimum absolute atomic E-state index is 0.356. The largest absolute Gasteiger partial charge is 0.467 e. The van der Waals surface area contributed by atoms with Crippen LogP contribution in [-0.4, -0.2) is 47.7 Å². The van der Waals surface area contributed by atoms with Crippen LogP contribution in [-0.2, 0) is 14.3 Å². The number of carbonyl (C=O) groups is 2. The number of aliphatic hydroxyl groups excluding tert-OH is 1. The molecule has 0 aromatic heterocycles. The van der Waals surface area contributed by atoms with Crippen molar-refractivity contribution in [2.24, 2.45) is 0 Å². The third kappa shape index (κ3) is 4.83. The smallest absolute Gasteiger partial charge is 0.328 e. The lowest BCUT2D eigenvalue weighted by Gasteiger charge is -2.30. The number of hydrogen-bond acceptors (Lipinski definition) is 5. The highest BCUT2D eigenvalue weighted by Gasteiger charge is 2.40. The van der Waals surface area contributed by atoms with Gasteiger partial charge in [0.15, 0.2) is 6.10 Å². The maximum absolute atomic E-state index is 13.1. The van der Waals surface area contributed by atoms with Crippen LogP contribution in [0.5, 0.6) is 0 Å². The number of halogens is 2. The van der Waals surface area contributed by atoms with Gasteiger partial charge in [0.2, 0.25) is 0 Å². The number of amides is 1. The molecule has 1 amide bonds. The molecule has 0 unspecified atom stereocenters. The van der Waals surface area contributed by atoms with Crippen LogP contribution in [0.4, 0.5) is 5.69 Å². The van der Waals surface area contributed by atoms with Gasteiger partial charge in [-0.25, -0.2) is 4.79 Å². The fourth-order valence-electron chi connectivity index (χ4n) is 3.49. The molecular formula is C21H22Cl2N2O4. The molecular weight excluding hydrogens is 415 g/mol. The molecule has 8 heteroatoms. The molecule has 154 valence electrons. The van der Waals surface area contributed by atoms with Gasteiger partial charge in [0.25, 0.3) is 5.91 Å². The molecule has 1 aliphatic heterocycles. The van der Waals surface area contributed by atoms with Crippen LogP contribution >= 0.6 is 23.2 Å². The summed E-state index contributed by atoms with van der Waals surface area (Å²) in [5.74, 6) is -1.00. The molecule has 1 heterocycles. The number of nitrogens with zero attached hydrogens (tertiary/aromatic N) is 1. The standard InChI is InChI=1S/C21H22Cl2N2O4/c1-29-21(28)17-8-5-11-25(17)20(27)19(26)18(13-6-3-2-4-7-13)24-14-9-10-15(22)16(23)12-14/h2-4,6-7,9-10,12,17-19,24,26H,5,8,11H2,1H3/t17-,18+,19+/m0/s1. The van der Waals surface area contributed by atoms with Gasteiger partial charge in [0.05, 0.1) is 23.2 Å². The highest BCUT2D eigenvalue weighted by molar-refractivity contribution is 6.42. The Balaban J connectivity index is 1.88. The Kier molecular flexibility index (Phi) is 7.00. The zero-order valence-electron chi connectivity index (χ0n) is 15.8. The highest BCUT2D eigenvalue weighted by atomic mass is 35.5. The highest BCUT2D eigenvalue weighted by Crippen LogP contribution is 2.30. The number of rotatable bonds is 6. The summed E-state index contributed by atoms with van der Waals surface area (Å²) in [6.45, 7) is 0.393. The fraction of sp³-hybridized carbons (Fsp3) is 0.333. The number of aliphatic hydroxyl groups is 1. The number of anilines is 1. The lowest BCUT2D eigenvalue weighted by atomic mass is 9.99. The van der Waals surface area contributed by atoms with Crippen molar-refractivity contribution >= 4 is 40.8 Å². The van der Waals surface area contributed by atoms with Crippen LogP contribution in [0.15, 0.2) is 48.5 Å². The van der Waals surface area contributed by atoms with Gasteiger partial charge in [-0.05, 0) is 36.6 Å². The number of carbonyl (C=O) groups excluding carboxylic acids is 2. The molecule has 3 atom stereocenters. The van der Waals surface area contributed by atoms with Crippen molar-refractivity contribution in [2.75, 3.05) is 19.0 Å². The van der Waals surface area contributed by atoms with Gasteiger partial charge >= 0.3 is 5.97 Å². The molecule has 0 aliphatic carbocycles. The van der Waals surface area contributed by atoms with Crippen molar-refractivity contribution in [3.63, 3.8) is 0 Å². The predicted molar refractivity (Wildman–Crippen MR) is 112 cm³/mol. The van der Waals surface area contributed by atoms with Crippen molar-refractivity contribution < 1.29 is 19.4 Å². The Morgan fingerprint density at radius 2 is 1.90 bits per heavy atom. The predicted octanol–water partition coefficient (Wildman–Crippen LogP) is 3.67. The molecule has 2 N–H and O–H groups in total. The van der Waals surface area contributed by atoms with E-state index in [-0.39, 0.29) is 0 Å². The Morgan fingerprint density at radius 3 is 2.55 bits per heavy atom. The van der Waals surface area contributed by atoms with E-state index in [4.69, 9.17) is 27.9 Å². The van der Waals surface area contributed by atoms with E-state index in [0.29, 0.717) is 40.7 Å². The summed E-state index contributed by atoms with van der Waals surface area (Å²) in [5, 5.41) is 14.9. The minimum atomic E-state index is -1.42. The Labute approximate surface area is 179 Å². The number of likely N-dealkylation sites (tertiary alicyclic amines) is 1. The fourth-order valence-corrected chi connectivity index (χ4v) is 3.79. The number of methoxy groups -OCH3 is 1. The summed E-state index contributed by atoms with van der Waals surface area (Å²) < 4.78 is 4.80. The summed E-state index contributed by atoms with van der Waals surface area (Å²) in [6.07, 6.45) is -0.229. The van der Waals surface area contributed by atoms with Crippen molar-refractivity contribution in [3.05, 3.63) is 64.1 Å². The van der Waals surface area contributed by atoms with Crippen LogP contribution in [0.25, 0.3) is 0 Å². The van der Waals surface area contributed by atoms with Gasteiger partial charge in [-0.1, -0.05) is 53.5 Å². The van der Waals surface area contributed by atoms with Crippen molar-refractivity contribution in [1.82, 2.24) is 4.90 Å². The van der Waals surface area contributed by atoms with E-state index in [1.807, 2.05) is 30.3 Å². The molecule has 2 aromatic rings. The first-order valence-electron chi connectivity index (χ1n) is 9.25. The molecule has 29 heavy (non-hydrogen) atoms. The van der Waals surface area contributed by atoms with Gasteiger partial charge in [-0.2, -0.15) is 0 Å². The molecule has 1 aliphatic rings.